The molecule has 0 saturated carbocycles. The molecule has 0 fully saturated rings. The predicted octanol–water partition coefficient (Wildman–Crippen LogP) is 8.88. The van der Waals surface area contributed by atoms with Gasteiger partial charge in [0.2, 0.25) is 5.89 Å². The average Bonchev–Trinajstić information content (AvgIpc) is 3.40. The first-order valence-corrected chi connectivity index (χ1v) is 12.6. The van der Waals surface area contributed by atoms with Crippen molar-refractivity contribution in [3.05, 3.63) is 115 Å². The highest BCUT2D eigenvalue weighted by molar-refractivity contribution is 6.23. The normalized spacial score (nSPS) is 11.8. The summed E-state index contributed by atoms with van der Waals surface area (Å²) in [5, 5.41) is 18.3. The van der Waals surface area contributed by atoms with Gasteiger partial charge in [-0.15, -0.1) is 0 Å². The van der Waals surface area contributed by atoms with Gasteiger partial charge in [-0.1, -0.05) is 66.7 Å². The van der Waals surface area contributed by atoms with E-state index in [4.69, 9.17) is 9.40 Å². The van der Waals surface area contributed by atoms with Gasteiger partial charge in [0, 0.05) is 17.1 Å². The van der Waals surface area contributed by atoms with Crippen LogP contribution in [-0.2, 0) is 0 Å². The van der Waals surface area contributed by atoms with E-state index in [0.717, 1.165) is 65.5 Å². The molecule has 0 bridgehead atoms. The van der Waals surface area contributed by atoms with Crippen molar-refractivity contribution in [2.75, 3.05) is 0 Å². The number of hydrogen-bond donors (Lipinski definition) is 1. The summed E-state index contributed by atoms with van der Waals surface area (Å²) in [7, 11) is 0. The molecule has 1 N–H and O–H groups in total. The molecule has 0 saturated heterocycles. The van der Waals surface area contributed by atoms with Crippen molar-refractivity contribution in [1.29, 1.82) is 0 Å². The molecule has 0 unspecified atom stereocenters. The van der Waals surface area contributed by atoms with Crippen molar-refractivity contribution in [3.63, 3.8) is 0 Å². The molecule has 178 valence electrons. The fourth-order valence-electron chi connectivity index (χ4n) is 5.75. The van der Waals surface area contributed by atoms with Crippen LogP contribution in [0.1, 0.15) is 0 Å². The number of rotatable bonds is 2. The Hall–Kier alpha value is -5.22. The minimum absolute atomic E-state index is 0.183. The molecule has 4 heteroatoms. The first kappa shape index (κ1) is 20.9. The summed E-state index contributed by atoms with van der Waals surface area (Å²) in [6, 6.07) is 36.9. The van der Waals surface area contributed by atoms with E-state index in [2.05, 4.69) is 65.6 Å². The quantitative estimate of drug-likeness (QED) is 0.195. The molecule has 2 heterocycles. The summed E-state index contributed by atoms with van der Waals surface area (Å²) in [5.41, 5.74) is 5.37. The number of pyridine rings is 1. The van der Waals surface area contributed by atoms with Crippen LogP contribution in [0.5, 0.6) is 5.75 Å². The summed E-state index contributed by atoms with van der Waals surface area (Å²) in [5.74, 6) is 0.801. The second-order valence-corrected chi connectivity index (χ2v) is 9.55. The van der Waals surface area contributed by atoms with E-state index >= 15 is 0 Å². The number of nitrogens with zero attached hydrogens (tertiary/aromatic N) is 2. The highest BCUT2D eigenvalue weighted by atomic mass is 16.3. The Kier molecular flexibility index (Phi) is 4.34. The summed E-state index contributed by atoms with van der Waals surface area (Å²) < 4.78 is 6.16. The van der Waals surface area contributed by atoms with Gasteiger partial charge in [-0.25, -0.2) is 4.98 Å². The van der Waals surface area contributed by atoms with E-state index in [-0.39, 0.29) is 5.75 Å². The van der Waals surface area contributed by atoms with Gasteiger partial charge in [0.05, 0.1) is 0 Å². The minimum atomic E-state index is 0.183. The van der Waals surface area contributed by atoms with E-state index in [1.54, 1.807) is 12.3 Å². The zero-order valence-electron chi connectivity index (χ0n) is 20.2. The lowest BCUT2D eigenvalue weighted by Crippen LogP contribution is -1.90. The average molecular weight is 489 g/mol. The van der Waals surface area contributed by atoms with E-state index in [9.17, 15) is 5.11 Å². The monoisotopic (exact) mass is 488 g/mol. The van der Waals surface area contributed by atoms with Crippen LogP contribution in [0.25, 0.3) is 76.9 Å². The molecular weight excluding hydrogens is 468 g/mol. The van der Waals surface area contributed by atoms with Gasteiger partial charge < -0.3 is 9.52 Å². The molecule has 0 aliphatic carbocycles. The number of benzene rings is 6. The summed E-state index contributed by atoms with van der Waals surface area (Å²) in [6.07, 6.45) is 1.72. The van der Waals surface area contributed by atoms with Crippen LogP contribution in [0, 0.1) is 0 Å². The smallest absolute Gasteiger partial charge is 0.227 e. The van der Waals surface area contributed by atoms with Crippen molar-refractivity contribution in [3.8, 4) is 28.3 Å². The Labute approximate surface area is 217 Å². The molecule has 8 rings (SSSR count). The molecule has 0 aliphatic heterocycles. The lowest BCUT2D eigenvalue weighted by atomic mass is 9.87. The summed E-state index contributed by atoms with van der Waals surface area (Å²) >= 11 is 0. The van der Waals surface area contributed by atoms with Gasteiger partial charge in [0.15, 0.2) is 5.58 Å². The number of fused-ring (bicyclic) bond motifs is 6. The SMILES string of the molecule is Oc1ccc(-c2c3ccccc3cc3c2ccc2c(-c4nc5ccccc5o4)cccc23)c2cccnc12. The summed E-state index contributed by atoms with van der Waals surface area (Å²) in [4.78, 5) is 9.25. The van der Waals surface area contributed by atoms with Crippen molar-refractivity contribution in [1.82, 2.24) is 9.97 Å². The molecule has 0 aliphatic rings. The zero-order valence-corrected chi connectivity index (χ0v) is 20.2. The van der Waals surface area contributed by atoms with Crippen LogP contribution >= 0.6 is 0 Å². The number of aromatic nitrogens is 2. The van der Waals surface area contributed by atoms with Crippen molar-refractivity contribution >= 4 is 54.3 Å². The molecule has 0 amide bonds. The Morgan fingerprint density at radius 3 is 2.34 bits per heavy atom. The van der Waals surface area contributed by atoms with Crippen molar-refractivity contribution in [2.24, 2.45) is 0 Å². The van der Waals surface area contributed by atoms with Gasteiger partial charge in [-0.2, -0.15) is 0 Å². The van der Waals surface area contributed by atoms with E-state index in [1.807, 2.05) is 42.5 Å². The fourth-order valence-corrected chi connectivity index (χ4v) is 5.75. The first-order chi connectivity index (χ1) is 18.8. The number of phenolic OH excluding ortho intramolecular Hbond substituents is 1. The predicted molar refractivity (Wildman–Crippen MR) is 154 cm³/mol. The highest BCUT2D eigenvalue weighted by Gasteiger charge is 2.18. The van der Waals surface area contributed by atoms with Gasteiger partial charge in [0.25, 0.3) is 0 Å². The Balaban J connectivity index is 1.49. The molecule has 0 atom stereocenters. The lowest BCUT2D eigenvalue weighted by Gasteiger charge is -2.16. The lowest BCUT2D eigenvalue weighted by molar-refractivity contribution is 0.480. The number of phenols is 1. The third-order valence-electron chi connectivity index (χ3n) is 7.44. The first-order valence-electron chi connectivity index (χ1n) is 12.6. The Morgan fingerprint density at radius 2 is 1.39 bits per heavy atom. The topological polar surface area (TPSA) is 59.2 Å². The third-order valence-corrected chi connectivity index (χ3v) is 7.44. The third kappa shape index (κ3) is 2.98. The maximum absolute atomic E-state index is 10.5. The fraction of sp³-hybridized carbons (Fsp3) is 0. The summed E-state index contributed by atoms with van der Waals surface area (Å²) in [6.45, 7) is 0. The van der Waals surface area contributed by atoms with Gasteiger partial charge >= 0.3 is 0 Å². The van der Waals surface area contributed by atoms with Crippen LogP contribution < -0.4 is 0 Å². The Morgan fingerprint density at radius 1 is 0.579 bits per heavy atom. The maximum Gasteiger partial charge on any atom is 0.227 e. The molecular formula is C34H20N2O2. The van der Waals surface area contributed by atoms with E-state index < -0.39 is 0 Å². The molecule has 0 radical (unpaired) electrons. The number of hydrogen-bond acceptors (Lipinski definition) is 4. The van der Waals surface area contributed by atoms with Crippen LogP contribution in [0.3, 0.4) is 0 Å². The largest absolute Gasteiger partial charge is 0.506 e. The molecule has 4 nitrogen and oxygen atoms in total. The molecule has 8 aromatic rings. The standard InChI is InChI=1S/C34H20N2O2/c37-30-17-16-24(26-11-6-18-35-33(26)30)32-21-8-2-1-7-20(21)19-28-22-9-5-10-27(23(22)14-15-25(28)32)34-36-29-12-3-4-13-31(29)38-34/h1-19,37H. The zero-order chi connectivity index (χ0) is 25.2. The van der Waals surface area contributed by atoms with Crippen LogP contribution in [0.2, 0.25) is 0 Å². The number of aromatic hydroxyl groups is 1. The number of para-hydroxylation sites is 2. The van der Waals surface area contributed by atoms with Gasteiger partial charge in [-0.05, 0) is 85.9 Å². The van der Waals surface area contributed by atoms with Crippen LogP contribution in [0.4, 0.5) is 0 Å². The van der Waals surface area contributed by atoms with Gasteiger partial charge in [-0.3, -0.25) is 4.98 Å². The Bertz CT molecular complexity index is 2180. The van der Waals surface area contributed by atoms with Crippen molar-refractivity contribution in [2.45, 2.75) is 0 Å². The molecule has 38 heavy (non-hydrogen) atoms. The van der Waals surface area contributed by atoms with Crippen LogP contribution in [-0.4, -0.2) is 15.1 Å². The van der Waals surface area contributed by atoms with Crippen LogP contribution in [0.15, 0.2) is 120 Å². The second-order valence-electron chi connectivity index (χ2n) is 9.55. The van der Waals surface area contributed by atoms with E-state index in [1.165, 1.54) is 0 Å². The number of oxazole rings is 1. The molecule has 6 aromatic carbocycles. The highest BCUT2D eigenvalue weighted by Crippen LogP contribution is 2.44. The van der Waals surface area contributed by atoms with Gasteiger partial charge in [0.1, 0.15) is 16.8 Å². The molecule has 2 aromatic heterocycles. The van der Waals surface area contributed by atoms with E-state index in [0.29, 0.717) is 11.4 Å². The maximum atomic E-state index is 10.5. The minimum Gasteiger partial charge on any atom is -0.506 e. The second kappa shape index (κ2) is 7.89. The molecule has 0 spiro atoms. The van der Waals surface area contributed by atoms with Crippen molar-refractivity contribution < 1.29 is 9.52 Å².